The van der Waals surface area contributed by atoms with Gasteiger partial charge in [-0.1, -0.05) is 0 Å². The number of likely N-dealkylation sites (N-methyl/N-ethyl adjacent to an activating group) is 1. The Bertz CT molecular complexity index is 142. The molecule has 1 heterocycles. The van der Waals surface area contributed by atoms with Gasteiger partial charge in [0.05, 0.1) is 0 Å². The summed E-state index contributed by atoms with van der Waals surface area (Å²) < 4.78 is 13.2. The fraction of sp³-hybridized carbons (Fsp3) is 1.00. The van der Waals surface area contributed by atoms with Crippen LogP contribution < -0.4 is 5.32 Å². The van der Waals surface area contributed by atoms with E-state index in [2.05, 4.69) is 17.3 Å². The van der Waals surface area contributed by atoms with Crippen molar-refractivity contribution in [2.24, 2.45) is 0 Å². The number of alkyl halides is 1. The zero-order chi connectivity index (χ0) is 9.19. The zero-order valence-electron chi connectivity index (χ0n) is 8.23. The third-order valence-electron chi connectivity index (χ3n) is 2.19. The Morgan fingerprint density at radius 3 is 2.75 bits per heavy atom. The predicted octanol–water partition coefficient (Wildman–Crippen LogP) is 1.03. The van der Waals surface area contributed by atoms with E-state index in [1.807, 2.05) is 0 Å². The number of nitrogens with one attached hydrogen (secondary N) is 1. The predicted molar refractivity (Wildman–Crippen MR) is 49.1 cm³/mol. The minimum absolute atomic E-state index is 0.323. The quantitative estimate of drug-likeness (QED) is 0.672. The molecule has 0 amide bonds. The van der Waals surface area contributed by atoms with Crippen molar-refractivity contribution in [1.29, 1.82) is 0 Å². The molecule has 1 N–H and O–H groups in total. The molecule has 0 aromatic carbocycles. The van der Waals surface area contributed by atoms with E-state index in [4.69, 9.17) is 0 Å². The Kier molecular flexibility index (Phi) is 3.07. The van der Waals surface area contributed by atoms with Gasteiger partial charge in [-0.2, -0.15) is 0 Å². The average molecular weight is 174 g/mol. The zero-order valence-corrected chi connectivity index (χ0v) is 8.23. The lowest BCUT2D eigenvalue weighted by molar-refractivity contribution is 0.143. The highest BCUT2D eigenvalue weighted by atomic mass is 19.1. The van der Waals surface area contributed by atoms with Crippen LogP contribution in [0.4, 0.5) is 4.39 Å². The highest BCUT2D eigenvalue weighted by Gasteiger charge is 2.24. The van der Waals surface area contributed by atoms with Crippen molar-refractivity contribution < 1.29 is 4.39 Å². The van der Waals surface area contributed by atoms with Crippen LogP contribution in [0, 0.1) is 0 Å². The van der Waals surface area contributed by atoms with Gasteiger partial charge >= 0.3 is 0 Å². The lowest BCUT2D eigenvalue weighted by Crippen LogP contribution is -2.50. The van der Waals surface area contributed by atoms with Crippen molar-refractivity contribution in [3.05, 3.63) is 0 Å². The molecule has 0 aliphatic carbocycles. The molecule has 0 saturated carbocycles. The van der Waals surface area contributed by atoms with Crippen molar-refractivity contribution in [1.82, 2.24) is 10.2 Å². The number of hydrogen-bond donors (Lipinski definition) is 1. The molecule has 2 nitrogen and oxygen atoms in total. The molecular weight excluding hydrogens is 155 g/mol. The lowest BCUT2D eigenvalue weighted by atomic mass is 9.99. The highest BCUT2D eigenvalue weighted by Crippen LogP contribution is 2.17. The molecule has 1 rings (SSSR count). The number of halogens is 1. The molecule has 0 radical (unpaired) electrons. The summed E-state index contributed by atoms with van der Waals surface area (Å²) in [6, 6.07) is 0.323. The molecule has 0 bridgehead atoms. The summed E-state index contributed by atoms with van der Waals surface area (Å²) in [5.41, 5.74) is -1.05. The van der Waals surface area contributed by atoms with Crippen molar-refractivity contribution >= 4 is 0 Å². The molecule has 12 heavy (non-hydrogen) atoms. The van der Waals surface area contributed by atoms with E-state index in [0.717, 1.165) is 19.6 Å². The van der Waals surface area contributed by atoms with Crippen molar-refractivity contribution in [2.75, 3.05) is 26.7 Å². The second kappa shape index (κ2) is 3.71. The first-order valence-corrected chi connectivity index (χ1v) is 4.58. The Labute approximate surface area is 74.1 Å². The Morgan fingerprint density at radius 2 is 2.25 bits per heavy atom. The first-order chi connectivity index (χ1) is 5.47. The summed E-state index contributed by atoms with van der Waals surface area (Å²) in [4.78, 5) is 2.24. The van der Waals surface area contributed by atoms with Gasteiger partial charge in [0.1, 0.15) is 5.67 Å². The summed E-state index contributed by atoms with van der Waals surface area (Å²) in [7, 11) is 2.08. The Hall–Kier alpha value is -0.150. The van der Waals surface area contributed by atoms with Gasteiger partial charge in [-0.05, 0) is 27.3 Å². The van der Waals surface area contributed by atoms with E-state index in [-0.39, 0.29) is 0 Å². The van der Waals surface area contributed by atoms with Gasteiger partial charge in [-0.25, -0.2) is 4.39 Å². The molecule has 0 spiro atoms. The maximum Gasteiger partial charge on any atom is 0.107 e. The SMILES string of the molecule is CN1CCNC(CC(C)(C)F)C1. The van der Waals surface area contributed by atoms with Gasteiger partial charge in [0.2, 0.25) is 0 Å². The fourth-order valence-electron chi connectivity index (χ4n) is 1.71. The molecule has 1 fully saturated rings. The average Bonchev–Trinajstić information content (AvgIpc) is 1.82. The lowest BCUT2D eigenvalue weighted by Gasteiger charge is -2.33. The Morgan fingerprint density at radius 1 is 1.58 bits per heavy atom. The molecule has 0 aromatic heterocycles. The van der Waals surface area contributed by atoms with Gasteiger partial charge in [-0.15, -0.1) is 0 Å². The second-order valence-corrected chi connectivity index (χ2v) is 4.34. The standard InChI is InChI=1S/C9H19FN2/c1-9(2,10)6-8-7-12(3)5-4-11-8/h8,11H,4-7H2,1-3H3. The summed E-state index contributed by atoms with van der Waals surface area (Å²) in [6.45, 7) is 6.31. The molecule has 72 valence electrons. The molecule has 0 aromatic rings. The smallest absolute Gasteiger partial charge is 0.107 e. The van der Waals surface area contributed by atoms with Crippen LogP contribution in [0.3, 0.4) is 0 Å². The first-order valence-electron chi connectivity index (χ1n) is 4.58. The van der Waals surface area contributed by atoms with Gasteiger partial charge in [0, 0.05) is 25.7 Å². The normalized spacial score (nSPS) is 27.5. The molecule has 1 aliphatic rings. The minimum atomic E-state index is -1.05. The maximum atomic E-state index is 13.2. The number of nitrogens with zero attached hydrogens (tertiary/aromatic N) is 1. The number of hydrogen-bond acceptors (Lipinski definition) is 2. The third-order valence-corrected chi connectivity index (χ3v) is 2.19. The van der Waals surface area contributed by atoms with Crippen LogP contribution in [0.25, 0.3) is 0 Å². The van der Waals surface area contributed by atoms with Crippen LogP contribution in [-0.4, -0.2) is 43.3 Å². The second-order valence-electron chi connectivity index (χ2n) is 4.34. The van der Waals surface area contributed by atoms with Gasteiger partial charge in [-0.3, -0.25) is 0 Å². The summed E-state index contributed by atoms with van der Waals surface area (Å²) in [5, 5.41) is 3.32. The van der Waals surface area contributed by atoms with E-state index in [0.29, 0.717) is 12.5 Å². The molecule has 1 saturated heterocycles. The fourth-order valence-corrected chi connectivity index (χ4v) is 1.71. The largest absolute Gasteiger partial charge is 0.311 e. The van der Waals surface area contributed by atoms with Crippen LogP contribution in [0.15, 0.2) is 0 Å². The van der Waals surface area contributed by atoms with E-state index in [1.165, 1.54) is 0 Å². The van der Waals surface area contributed by atoms with Crippen LogP contribution in [0.2, 0.25) is 0 Å². The summed E-state index contributed by atoms with van der Waals surface area (Å²) in [5.74, 6) is 0. The summed E-state index contributed by atoms with van der Waals surface area (Å²) >= 11 is 0. The van der Waals surface area contributed by atoms with E-state index >= 15 is 0 Å². The Balaban J connectivity index is 2.32. The van der Waals surface area contributed by atoms with Gasteiger partial charge < -0.3 is 10.2 Å². The molecule has 1 atom stereocenters. The molecule has 3 heteroatoms. The monoisotopic (exact) mass is 174 g/mol. The molecule has 1 aliphatic heterocycles. The maximum absolute atomic E-state index is 13.2. The molecule has 1 unspecified atom stereocenters. The summed E-state index contributed by atoms with van der Waals surface area (Å²) in [6.07, 6.45) is 0.608. The van der Waals surface area contributed by atoms with E-state index < -0.39 is 5.67 Å². The van der Waals surface area contributed by atoms with Crippen molar-refractivity contribution in [2.45, 2.75) is 32.0 Å². The van der Waals surface area contributed by atoms with Gasteiger partial charge in [0.25, 0.3) is 0 Å². The minimum Gasteiger partial charge on any atom is -0.311 e. The van der Waals surface area contributed by atoms with Crippen LogP contribution in [-0.2, 0) is 0 Å². The highest BCUT2D eigenvalue weighted by molar-refractivity contribution is 4.82. The third kappa shape index (κ3) is 3.50. The van der Waals surface area contributed by atoms with Crippen LogP contribution >= 0.6 is 0 Å². The van der Waals surface area contributed by atoms with E-state index in [9.17, 15) is 4.39 Å². The number of piperazine rings is 1. The van der Waals surface area contributed by atoms with Gasteiger partial charge in [0.15, 0.2) is 0 Å². The van der Waals surface area contributed by atoms with Crippen LogP contribution in [0.5, 0.6) is 0 Å². The first kappa shape index (κ1) is 9.93. The topological polar surface area (TPSA) is 15.3 Å². The van der Waals surface area contributed by atoms with Crippen LogP contribution in [0.1, 0.15) is 20.3 Å². The molecular formula is C9H19FN2. The number of rotatable bonds is 2. The van der Waals surface area contributed by atoms with Crippen molar-refractivity contribution in [3.8, 4) is 0 Å². The van der Waals surface area contributed by atoms with E-state index in [1.54, 1.807) is 13.8 Å². The van der Waals surface area contributed by atoms with Crippen molar-refractivity contribution in [3.63, 3.8) is 0 Å².